The highest BCUT2D eigenvalue weighted by Crippen LogP contribution is 2.19. The molecule has 1 aromatic carbocycles. The first kappa shape index (κ1) is 14.0. The van der Waals surface area contributed by atoms with Crippen LogP contribution in [0.2, 0.25) is 0 Å². The Hall–Kier alpha value is -2.43. The Morgan fingerprint density at radius 2 is 1.95 bits per heavy atom. The zero-order chi connectivity index (χ0) is 14.5. The molecule has 0 N–H and O–H groups in total. The highest BCUT2D eigenvalue weighted by Gasteiger charge is 2.15. The number of hydrogen-bond donors (Lipinski definition) is 0. The molecular formula is C15H15NO4. The summed E-state index contributed by atoms with van der Waals surface area (Å²) in [6.07, 6.45) is 0. The van der Waals surface area contributed by atoms with Crippen LogP contribution in [0, 0.1) is 6.92 Å². The van der Waals surface area contributed by atoms with Gasteiger partial charge in [-0.3, -0.25) is 4.98 Å². The maximum atomic E-state index is 12.1. The number of hydrogen-bond acceptors (Lipinski definition) is 5. The monoisotopic (exact) mass is 273 g/mol. The molecule has 0 aliphatic carbocycles. The summed E-state index contributed by atoms with van der Waals surface area (Å²) >= 11 is 0. The van der Waals surface area contributed by atoms with E-state index >= 15 is 0 Å². The molecule has 1 aromatic heterocycles. The molecule has 1 heterocycles. The molecule has 2 aromatic rings. The molecule has 0 saturated heterocycles. The quantitative estimate of drug-likeness (QED) is 0.799. The number of benzene rings is 1. The minimum Gasteiger partial charge on any atom is -0.463 e. The van der Waals surface area contributed by atoms with E-state index in [1.54, 1.807) is 26.0 Å². The number of aromatic nitrogens is 1. The zero-order valence-corrected chi connectivity index (χ0v) is 11.4. The fourth-order valence-electron chi connectivity index (χ4n) is 1.88. The molecule has 0 atom stereocenters. The normalized spacial score (nSPS) is 10.3. The SMILES string of the molecule is CCOC(=O)COC(=O)c1cc(C)nc2ccccc12. The first-order chi connectivity index (χ1) is 9.61. The highest BCUT2D eigenvalue weighted by molar-refractivity contribution is 6.03. The molecule has 0 aliphatic rings. The van der Waals surface area contributed by atoms with Crippen molar-refractivity contribution in [3.8, 4) is 0 Å². The van der Waals surface area contributed by atoms with E-state index in [1.165, 1.54) is 0 Å². The Morgan fingerprint density at radius 3 is 2.70 bits per heavy atom. The fourth-order valence-corrected chi connectivity index (χ4v) is 1.88. The maximum Gasteiger partial charge on any atom is 0.344 e. The third-order valence-electron chi connectivity index (χ3n) is 2.69. The summed E-state index contributed by atoms with van der Waals surface area (Å²) in [6.45, 7) is 3.37. The fraction of sp³-hybridized carbons (Fsp3) is 0.267. The molecule has 0 aliphatic heterocycles. The van der Waals surface area contributed by atoms with Crippen LogP contribution in [0.3, 0.4) is 0 Å². The molecule has 5 heteroatoms. The Bertz CT molecular complexity index is 651. The Labute approximate surface area is 116 Å². The van der Waals surface area contributed by atoms with Crippen LogP contribution in [0.25, 0.3) is 10.9 Å². The van der Waals surface area contributed by atoms with E-state index in [2.05, 4.69) is 4.98 Å². The Morgan fingerprint density at radius 1 is 1.20 bits per heavy atom. The summed E-state index contributed by atoms with van der Waals surface area (Å²) in [7, 11) is 0. The van der Waals surface area contributed by atoms with Crippen LogP contribution < -0.4 is 0 Å². The van der Waals surface area contributed by atoms with Crippen LogP contribution in [-0.4, -0.2) is 30.1 Å². The van der Waals surface area contributed by atoms with Crippen molar-refractivity contribution in [1.82, 2.24) is 4.98 Å². The van der Waals surface area contributed by atoms with Crippen LogP contribution in [0.5, 0.6) is 0 Å². The van der Waals surface area contributed by atoms with Crippen LogP contribution in [0.15, 0.2) is 30.3 Å². The van der Waals surface area contributed by atoms with E-state index in [4.69, 9.17) is 9.47 Å². The number of fused-ring (bicyclic) bond motifs is 1. The van der Waals surface area contributed by atoms with Crippen LogP contribution in [0.1, 0.15) is 23.0 Å². The van der Waals surface area contributed by atoms with E-state index < -0.39 is 11.9 Å². The number of nitrogens with zero attached hydrogens (tertiary/aromatic N) is 1. The van der Waals surface area contributed by atoms with Gasteiger partial charge in [-0.05, 0) is 26.0 Å². The molecule has 104 valence electrons. The van der Waals surface area contributed by atoms with Crippen LogP contribution in [0.4, 0.5) is 0 Å². The lowest BCUT2D eigenvalue weighted by Gasteiger charge is -2.08. The van der Waals surface area contributed by atoms with Gasteiger partial charge in [-0.25, -0.2) is 9.59 Å². The van der Waals surface area contributed by atoms with E-state index in [-0.39, 0.29) is 13.2 Å². The molecule has 5 nitrogen and oxygen atoms in total. The zero-order valence-electron chi connectivity index (χ0n) is 11.4. The van der Waals surface area contributed by atoms with Crippen molar-refractivity contribution >= 4 is 22.8 Å². The molecule has 0 saturated carbocycles. The molecule has 0 bridgehead atoms. The first-order valence-electron chi connectivity index (χ1n) is 6.31. The Balaban J connectivity index is 2.23. The smallest absolute Gasteiger partial charge is 0.344 e. The summed E-state index contributed by atoms with van der Waals surface area (Å²) in [5.41, 5.74) is 1.83. The summed E-state index contributed by atoms with van der Waals surface area (Å²) < 4.78 is 9.68. The number of carbonyl (C=O) groups excluding carboxylic acids is 2. The number of carbonyl (C=O) groups is 2. The van der Waals surface area contributed by atoms with Crippen molar-refractivity contribution in [2.45, 2.75) is 13.8 Å². The van der Waals surface area contributed by atoms with Crippen LogP contribution in [-0.2, 0) is 14.3 Å². The predicted octanol–water partition coefficient (Wildman–Crippen LogP) is 2.26. The molecule has 0 fully saturated rings. The van der Waals surface area contributed by atoms with Gasteiger partial charge in [-0.2, -0.15) is 0 Å². The van der Waals surface area contributed by atoms with Gasteiger partial charge in [-0.15, -0.1) is 0 Å². The molecule has 0 unspecified atom stereocenters. The average Bonchev–Trinajstić information content (AvgIpc) is 2.44. The summed E-state index contributed by atoms with van der Waals surface area (Å²) in [6, 6.07) is 8.94. The highest BCUT2D eigenvalue weighted by atomic mass is 16.6. The lowest BCUT2D eigenvalue weighted by Crippen LogP contribution is -2.16. The minimum absolute atomic E-state index is 0.258. The molecule has 0 spiro atoms. The summed E-state index contributed by atoms with van der Waals surface area (Å²) in [5, 5.41) is 0.701. The van der Waals surface area contributed by atoms with Gasteiger partial charge in [0.1, 0.15) is 0 Å². The maximum absolute atomic E-state index is 12.1. The van der Waals surface area contributed by atoms with Crippen molar-refractivity contribution in [2.75, 3.05) is 13.2 Å². The van der Waals surface area contributed by atoms with E-state index in [1.807, 2.05) is 18.2 Å². The first-order valence-corrected chi connectivity index (χ1v) is 6.31. The van der Waals surface area contributed by atoms with Gasteiger partial charge in [0.2, 0.25) is 0 Å². The van der Waals surface area contributed by atoms with Crippen molar-refractivity contribution in [2.24, 2.45) is 0 Å². The Kier molecular flexibility index (Phi) is 4.30. The van der Waals surface area contributed by atoms with Crippen molar-refractivity contribution in [1.29, 1.82) is 0 Å². The predicted molar refractivity (Wildman–Crippen MR) is 73.4 cm³/mol. The number of esters is 2. The van der Waals surface area contributed by atoms with Gasteiger partial charge >= 0.3 is 11.9 Å². The van der Waals surface area contributed by atoms with Crippen LogP contribution >= 0.6 is 0 Å². The van der Waals surface area contributed by atoms with Gasteiger partial charge in [0.25, 0.3) is 0 Å². The number of aryl methyl sites for hydroxylation is 1. The molecule has 2 rings (SSSR count). The van der Waals surface area contributed by atoms with Gasteiger partial charge in [0, 0.05) is 11.1 Å². The molecular weight excluding hydrogens is 258 g/mol. The van der Waals surface area contributed by atoms with Gasteiger partial charge in [0.05, 0.1) is 17.7 Å². The van der Waals surface area contributed by atoms with Gasteiger partial charge in [-0.1, -0.05) is 18.2 Å². The largest absolute Gasteiger partial charge is 0.463 e. The average molecular weight is 273 g/mol. The van der Waals surface area contributed by atoms with E-state index in [0.717, 1.165) is 5.52 Å². The molecule has 0 amide bonds. The lowest BCUT2D eigenvalue weighted by atomic mass is 10.1. The van der Waals surface area contributed by atoms with Crippen molar-refractivity contribution < 1.29 is 19.1 Å². The van der Waals surface area contributed by atoms with Crippen molar-refractivity contribution in [3.63, 3.8) is 0 Å². The van der Waals surface area contributed by atoms with Crippen molar-refractivity contribution in [3.05, 3.63) is 41.6 Å². The second-order valence-electron chi connectivity index (χ2n) is 4.21. The van der Waals surface area contributed by atoms with E-state index in [0.29, 0.717) is 16.6 Å². The molecule has 20 heavy (non-hydrogen) atoms. The summed E-state index contributed by atoms with van der Waals surface area (Å²) in [5.74, 6) is -1.12. The number of rotatable bonds is 4. The minimum atomic E-state index is -0.559. The third-order valence-corrected chi connectivity index (χ3v) is 2.69. The number of para-hydroxylation sites is 1. The van der Waals surface area contributed by atoms with Gasteiger partial charge < -0.3 is 9.47 Å². The lowest BCUT2D eigenvalue weighted by molar-refractivity contribution is -0.146. The summed E-state index contributed by atoms with van der Waals surface area (Å²) in [4.78, 5) is 27.6. The number of ether oxygens (including phenoxy) is 2. The van der Waals surface area contributed by atoms with Gasteiger partial charge in [0.15, 0.2) is 6.61 Å². The number of pyridine rings is 1. The second-order valence-corrected chi connectivity index (χ2v) is 4.21. The standard InChI is InChI=1S/C15H15NO4/c1-3-19-14(17)9-20-15(18)12-8-10(2)16-13-7-5-4-6-11(12)13/h4-8H,3,9H2,1-2H3. The topological polar surface area (TPSA) is 65.5 Å². The third kappa shape index (κ3) is 3.12. The second kappa shape index (κ2) is 6.14. The van der Waals surface area contributed by atoms with E-state index in [9.17, 15) is 9.59 Å². The molecule has 0 radical (unpaired) electrons.